The fraction of sp³-hybridized carbons (Fsp3) is 0.137. The second-order valence-corrected chi connectivity index (χ2v) is 42.0. The third-order valence-electron chi connectivity index (χ3n) is 33.5. The molecule has 8 heteroatoms. The lowest BCUT2D eigenvalue weighted by molar-refractivity contribution is 0.665. The monoisotopic (exact) mass is 1900 g/mol. The molecule has 24 aromatic rings. The molecule has 1 atom stereocenters. The second-order valence-electron chi connectivity index (χ2n) is 42.0. The Hall–Kier alpha value is -17.2. The Balaban J connectivity index is 0.699. The SMILES string of the molecule is Cc1ccc(C)c(N(c2ccccc2C)c2cc3c(c4oc5ccccc5c24)-c2c4cc(c5c2oc2cc(Cc6c(C)cc(N(c7cc(C)c(C)c(C)c7)c7cc8c(c9oc%10ccccc%10c79)-c7c(cc(N(c9cc(C)c(C)c(C)c9)c9cc(C)c(C)c(C)c9)c9c7oc7ccccc79)C8(c7ccccc7)c7ccccc7)cc6C)ccc25)N(c2ccccc2C)c2cc(C)ccc2-c2ccccc2C34c2ccccc2)c1. The Labute approximate surface area is 857 Å². The molecule has 8 nitrogen and oxygen atoms in total. The molecule has 0 spiro atoms. The summed E-state index contributed by atoms with van der Waals surface area (Å²) in [6.07, 6.45) is 0.615. The fourth-order valence-electron chi connectivity index (χ4n) is 25.8. The summed E-state index contributed by atoms with van der Waals surface area (Å²) < 4.78 is 31.7. The van der Waals surface area contributed by atoms with Crippen LogP contribution in [0.2, 0.25) is 0 Å². The van der Waals surface area contributed by atoms with Crippen molar-refractivity contribution in [3.63, 3.8) is 0 Å². The zero-order chi connectivity index (χ0) is 99.9. The zero-order valence-electron chi connectivity index (χ0n) is 85.8. The number of para-hydroxylation sites is 5. The Kier molecular flexibility index (Phi) is 20.0. The number of hydrogen-bond donors (Lipinski definition) is 0. The molecule has 20 aromatic carbocycles. The highest BCUT2D eigenvalue weighted by Crippen LogP contribution is 2.69. The van der Waals surface area contributed by atoms with Crippen LogP contribution in [0.25, 0.3) is 121 Å². The highest BCUT2D eigenvalue weighted by Gasteiger charge is 2.55. The Bertz CT molecular complexity index is 9570. The van der Waals surface area contributed by atoms with Gasteiger partial charge in [0.25, 0.3) is 0 Å². The molecule has 0 radical (unpaired) electrons. The summed E-state index contributed by atoms with van der Waals surface area (Å²) in [6, 6.07) is 137. The van der Waals surface area contributed by atoms with Gasteiger partial charge in [-0.05, 0) is 389 Å². The van der Waals surface area contributed by atoms with Crippen LogP contribution in [-0.4, -0.2) is 0 Å². The van der Waals surface area contributed by atoms with Crippen molar-refractivity contribution in [2.45, 2.75) is 128 Å². The minimum Gasteiger partial charge on any atom is -0.455 e. The number of fused-ring (bicyclic) bond motifs is 22. The molecule has 147 heavy (non-hydrogen) atoms. The Morgan fingerprint density at radius 2 is 0.599 bits per heavy atom. The largest absolute Gasteiger partial charge is 0.455 e. The predicted octanol–water partition coefficient (Wildman–Crippen LogP) is 38.4. The third-order valence-corrected chi connectivity index (χ3v) is 33.5. The Morgan fingerprint density at radius 1 is 0.224 bits per heavy atom. The Morgan fingerprint density at radius 3 is 1.09 bits per heavy atom. The number of furan rings is 4. The van der Waals surface area contributed by atoms with Crippen LogP contribution in [0.1, 0.15) is 145 Å². The van der Waals surface area contributed by atoms with Crippen LogP contribution in [0.15, 0.2) is 382 Å². The van der Waals surface area contributed by atoms with Gasteiger partial charge in [-0.15, -0.1) is 0 Å². The van der Waals surface area contributed by atoms with Crippen molar-refractivity contribution in [3.05, 3.63) is 509 Å². The van der Waals surface area contributed by atoms with Gasteiger partial charge in [-0.25, -0.2) is 0 Å². The van der Waals surface area contributed by atoms with Gasteiger partial charge in [-0.3, -0.25) is 0 Å². The number of anilines is 12. The van der Waals surface area contributed by atoms with E-state index in [1.807, 2.05) is 0 Å². The first-order chi connectivity index (χ1) is 71.5. The highest BCUT2D eigenvalue weighted by atomic mass is 16.3. The number of benzene rings is 20. The lowest BCUT2D eigenvalue weighted by atomic mass is 9.65. The van der Waals surface area contributed by atoms with E-state index in [1.54, 1.807) is 0 Å². The van der Waals surface area contributed by atoms with Crippen LogP contribution in [-0.2, 0) is 17.3 Å². The molecule has 2 aliphatic carbocycles. The van der Waals surface area contributed by atoms with Crippen LogP contribution >= 0.6 is 0 Å². The van der Waals surface area contributed by atoms with Crippen molar-refractivity contribution < 1.29 is 17.7 Å². The first-order valence-electron chi connectivity index (χ1n) is 51.6. The minimum atomic E-state index is -1.02. The number of rotatable bonds is 15. The summed E-state index contributed by atoms with van der Waals surface area (Å²) in [5, 5.41) is 8.15. The lowest BCUT2D eigenvalue weighted by Crippen LogP contribution is -2.29. The van der Waals surface area contributed by atoms with Gasteiger partial charge in [0, 0.05) is 89.2 Å². The number of hydrogen-bond acceptors (Lipinski definition) is 8. The van der Waals surface area contributed by atoms with Crippen LogP contribution in [0.3, 0.4) is 0 Å². The van der Waals surface area contributed by atoms with Gasteiger partial charge >= 0.3 is 0 Å². The van der Waals surface area contributed by atoms with E-state index in [9.17, 15) is 0 Å². The summed E-state index contributed by atoms with van der Waals surface area (Å²) in [7, 11) is 0. The molecule has 1 aliphatic heterocycles. The molecule has 0 N–H and O–H groups in total. The van der Waals surface area contributed by atoms with Crippen LogP contribution in [0.4, 0.5) is 68.2 Å². The molecule has 1 unspecified atom stereocenters. The topological polar surface area (TPSA) is 65.5 Å². The number of nitrogens with zero attached hydrogens (tertiary/aromatic N) is 4. The molecule has 27 rings (SSSR count). The maximum atomic E-state index is 8.24. The van der Waals surface area contributed by atoms with E-state index in [0.717, 1.165) is 273 Å². The summed E-state index contributed by atoms with van der Waals surface area (Å²) in [4.78, 5) is 10.2. The van der Waals surface area contributed by atoms with E-state index in [-0.39, 0.29) is 0 Å². The standard InChI is InChI=1S/C139H110N4O4/c1-78-56-58-82(5)116(62-78)142(114-51-33-26-38-80(114)3)120-76-112-132(136-128(120)106-49-31-37-55-124(106)146-136)133-113-77-121(143(115-52-34-27-39-81(115)4)117-63-79(2)57-60-103(117)102-46-28-32-50-109(102)139(112,113)97-44-24-19-25-45-97)129-107-61-59-94(73-125(107)147-137(129)133)72-108-89(12)70-101(71-90(108)13)141(100-68-87(10)93(16)88(11)69-100)119-75-111-131(135-127(119)105-48-30-36-54-123(105)145-135)130-110(138(111,95-40-20-17-21-41-95)96-42-22-18-23-43-96)74-118(126-104-47-29-35-53-122(104)144-134(126)130)140(98-64-83(6)91(14)84(7)65-98)99-66-85(8)92(15)86(9)67-99/h17-71,73-77H,72H2,1-16H3. The summed E-state index contributed by atoms with van der Waals surface area (Å²) in [5.41, 5.74) is 53.7. The van der Waals surface area contributed by atoms with Gasteiger partial charge in [0.1, 0.15) is 44.7 Å². The molecule has 0 fully saturated rings. The van der Waals surface area contributed by atoms with Gasteiger partial charge in [0.05, 0.1) is 60.8 Å². The van der Waals surface area contributed by atoms with Gasteiger partial charge in [0.15, 0.2) is 0 Å². The minimum absolute atomic E-state index is 0.615. The van der Waals surface area contributed by atoms with Crippen molar-refractivity contribution in [3.8, 4) is 33.4 Å². The molecular weight excluding hydrogens is 1790 g/mol. The molecule has 4 aromatic heterocycles. The van der Waals surface area contributed by atoms with E-state index in [0.29, 0.717) is 6.42 Å². The third kappa shape index (κ3) is 13.0. The van der Waals surface area contributed by atoms with Crippen molar-refractivity contribution in [1.82, 2.24) is 0 Å². The van der Waals surface area contributed by atoms with Crippen molar-refractivity contribution in [2.75, 3.05) is 19.6 Å². The van der Waals surface area contributed by atoms with Crippen LogP contribution < -0.4 is 19.6 Å². The lowest BCUT2D eigenvalue weighted by Gasteiger charge is -2.36. The second kappa shape index (κ2) is 33.2. The highest BCUT2D eigenvalue weighted by molar-refractivity contribution is 6.28. The van der Waals surface area contributed by atoms with Gasteiger partial charge in [-0.2, -0.15) is 0 Å². The first kappa shape index (κ1) is 88.7. The van der Waals surface area contributed by atoms with Gasteiger partial charge in [-0.1, -0.05) is 243 Å². The maximum absolute atomic E-state index is 8.24. The van der Waals surface area contributed by atoms with Crippen LogP contribution in [0.5, 0.6) is 0 Å². The van der Waals surface area contributed by atoms with E-state index in [1.165, 1.54) is 61.2 Å². The average Bonchev–Trinajstić information content (AvgIpc) is 1.49. The molecule has 0 saturated heterocycles. The molecular formula is C139H110N4O4. The van der Waals surface area contributed by atoms with E-state index in [2.05, 4.69) is 494 Å². The summed E-state index contributed by atoms with van der Waals surface area (Å²) in [5.74, 6) is 0. The van der Waals surface area contributed by atoms with E-state index in [4.69, 9.17) is 17.7 Å². The predicted molar refractivity (Wildman–Crippen MR) is 613 cm³/mol. The smallest absolute Gasteiger partial charge is 0.145 e. The van der Waals surface area contributed by atoms with Gasteiger partial charge < -0.3 is 37.3 Å². The van der Waals surface area contributed by atoms with Crippen molar-refractivity contribution >= 4 is 156 Å². The van der Waals surface area contributed by atoms with Gasteiger partial charge in [0.2, 0.25) is 0 Å². The summed E-state index contributed by atoms with van der Waals surface area (Å²) >= 11 is 0. The molecule has 0 amide bonds. The van der Waals surface area contributed by atoms with Crippen molar-refractivity contribution in [2.24, 2.45) is 0 Å². The van der Waals surface area contributed by atoms with E-state index >= 15 is 0 Å². The normalized spacial score (nSPS) is 13.8. The average molecular weight is 1900 g/mol. The molecule has 3 aliphatic rings. The fourth-order valence-corrected chi connectivity index (χ4v) is 25.8. The van der Waals surface area contributed by atoms with Crippen molar-refractivity contribution in [1.29, 1.82) is 0 Å². The maximum Gasteiger partial charge on any atom is 0.145 e. The molecule has 710 valence electrons. The molecule has 0 saturated carbocycles. The summed E-state index contributed by atoms with van der Waals surface area (Å²) in [6.45, 7) is 36.1. The molecule has 5 heterocycles. The quantitative estimate of drug-likeness (QED) is 0.101. The van der Waals surface area contributed by atoms with E-state index < -0.39 is 10.8 Å². The first-order valence-corrected chi connectivity index (χ1v) is 51.6. The molecule has 4 bridgehead atoms. The zero-order valence-corrected chi connectivity index (χ0v) is 85.8. The van der Waals surface area contributed by atoms with Crippen LogP contribution in [0, 0.1) is 111 Å². The number of aryl methyl sites for hydroxylation is 13.